The normalized spacial score (nSPS) is 14.8. The maximum absolute atomic E-state index is 12.3. The van der Waals surface area contributed by atoms with Crippen molar-refractivity contribution in [3.8, 4) is 0 Å². The predicted octanol–water partition coefficient (Wildman–Crippen LogP) is 1.90. The Bertz CT molecular complexity index is 904. The molecule has 0 atom stereocenters. The molecule has 1 aliphatic heterocycles. The molecule has 3 aromatic heterocycles. The van der Waals surface area contributed by atoms with Crippen molar-refractivity contribution in [2.45, 2.75) is 0 Å². The largest absolute Gasteiger partial charge is 0.378 e. The van der Waals surface area contributed by atoms with Gasteiger partial charge in [0.2, 0.25) is 0 Å². The number of H-pyrrole nitrogens is 1. The van der Waals surface area contributed by atoms with Gasteiger partial charge in [-0.25, -0.2) is 9.97 Å². The van der Waals surface area contributed by atoms with Gasteiger partial charge in [0.15, 0.2) is 0 Å². The van der Waals surface area contributed by atoms with Gasteiger partial charge in [-0.3, -0.25) is 4.79 Å². The van der Waals surface area contributed by atoms with E-state index in [1.165, 1.54) is 0 Å². The highest BCUT2D eigenvalue weighted by molar-refractivity contribution is 5.93. The molecule has 122 valence electrons. The lowest BCUT2D eigenvalue weighted by atomic mass is 10.2. The molecular formula is C17H17N5O2. The van der Waals surface area contributed by atoms with E-state index in [1.807, 2.05) is 30.3 Å². The van der Waals surface area contributed by atoms with Crippen molar-refractivity contribution in [3.05, 3.63) is 53.1 Å². The van der Waals surface area contributed by atoms with Gasteiger partial charge in [0.25, 0.3) is 5.56 Å². The minimum atomic E-state index is -0.133. The van der Waals surface area contributed by atoms with Crippen molar-refractivity contribution in [1.82, 2.24) is 15.0 Å². The van der Waals surface area contributed by atoms with Gasteiger partial charge in [0.05, 0.1) is 18.6 Å². The maximum atomic E-state index is 12.3. The number of rotatable bonds is 3. The molecule has 4 rings (SSSR count). The lowest BCUT2D eigenvalue weighted by Gasteiger charge is -2.28. The number of aromatic amines is 1. The highest BCUT2D eigenvalue weighted by Crippen LogP contribution is 2.26. The molecule has 0 amide bonds. The highest BCUT2D eigenvalue weighted by atomic mass is 16.5. The van der Waals surface area contributed by atoms with Crippen LogP contribution in [0, 0.1) is 0 Å². The third-order valence-corrected chi connectivity index (χ3v) is 3.97. The molecule has 1 aliphatic rings. The summed E-state index contributed by atoms with van der Waals surface area (Å²) in [5, 5.41) is 4.65. The number of aromatic nitrogens is 3. The monoisotopic (exact) mass is 323 g/mol. The number of anilines is 3. The number of nitrogens with one attached hydrogen (secondary N) is 2. The maximum Gasteiger partial charge on any atom is 0.259 e. The number of hydrogen-bond donors (Lipinski definition) is 2. The highest BCUT2D eigenvalue weighted by Gasteiger charge is 2.18. The number of fused-ring (bicyclic) bond motifs is 1. The van der Waals surface area contributed by atoms with Gasteiger partial charge in [0, 0.05) is 25.5 Å². The van der Waals surface area contributed by atoms with Crippen LogP contribution in [0.5, 0.6) is 0 Å². The van der Waals surface area contributed by atoms with E-state index < -0.39 is 0 Å². The van der Waals surface area contributed by atoms with Crippen LogP contribution in [0.1, 0.15) is 0 Å². The Morgan fingerprint density at radius 1 is 1.17 bits per heavy atom. The van der Waals surface area contributed by atoms with E-state index in [0.717, 1.165) is 5.39 Å². The molecule has 3 aromatic rings. The van der Waals surface area contributed by atoms with Gasteiger partial charge >= 0.3 is 0 Å². The predicted molar refractivity (Wildman–Crippen MR) is 92.9 cm³/mol. The van der Waals surface area contributed by atoms with Crippen LogP contribution in [0.4, 0.5) is 17.5 Å². The zero-order valence-electron chi connectivity index (χ0n) is 13.0. The quantitative estimate of drug-likeness (QED) is 0.766. The summed E-state index contributed by atoms with van der Waals surface area (Å²) in [6.07, 6.45) is 3.37. The van der Waals surface area contributed by atoms with Gasteiger partial charge in [-0.1, -0.05) is 6.07 Å². The van der Waals surface area contributed by atoms with E-state index in [0.29, 0.717) is 49.1 Å². The van der Waals surface area contributed by atoms with Crippen molar-refractivity contribution in [1.29, 1.82) is 0 Å². The van der Waals surface area contributed by atoms with Crippen LogP contribution in [0.25, 0.3) is 10.8 Å². The average molecular weight is 323 g/mol. The van der Waals surface area contributed by atoms with Gasteiger partial charge in [-0.05, 0) is 29.7 Å². The summed E-state index contributed by atoms with van der Waals surface area (Å²) in [5.41, 5.74) is -0.133. The molecule has 0 aliphatic carbocycles. The fraction of sp³-hybridized carbons (Fsp3) is 0.235. The van der Waals surface area contributed by atoms with E-state index >= 15 is 0 Å². The molecule has 1 fully saturated rings. The Morgan fingerprint density at radius 2 is 2.04 bits per heavy atom. The molecule has 0 spiro atoms. The van der Waals surface area contributed by atoms with Crippen LogP contribution in [0.3, 0.4) is 0 Å². The minimum absolute atomic E-state index is 0.133. The fourth-order valence-electron chi connectivity index (χ4n) is 2.83. The summed E-state index contributed by atoms with van der Waals surface area (Å²) in [5.74, 6) is 2.05. The van der Waals surface area contributed by atoms with E-state index in [-0.39, 0.29) is 5.56 Å². The van der Waals surface area contributed by atoms with E-state index in [1.54, 1.807) is 12.4 Å². The third kappa shape index (κ3) is 2.81. The Morgan fingerprint density at radius 3 is 2.83 bits per heavy atom. The topological polar surface area (TPSA) is 83.1 Å². The van der Waals surface area contributed by atoms with Crippen LogP contribution >= 0.6 is 0 Å². The number of morpholine rings is 1. The Balaban J connectivity index is 1.82. The summed E-state index contributed by atoms with van der Waals surface area (Å²) in [7, 11) is 0. The first kappa shape index (κ1) is 14.6. The van der Waals surface area contributed by atoms with Crippen molar-refractivity contribution < 1.29 is 4.74 Å². The molecule has 1 saturated heterocycles. The second kappa shape index (κ2) is 6.29. The third-order valence-electron chi connectivity index (χ3n) is 3.97. The van der Waals surface area contributed by atoms with Crippen LogP contribution < -0.4 is 15.8 Å². The summed E-state index contributed by atoms with van der Waals surface area (Å²) < 4.78 is 5.41. The second-order valence-corrected chi connectivity index (χ2v) is 5.54. The molecule has 4 heterocycles. The smallest absolute Gasteiger partial charge is 0.259 e. The first-order valence-corrected chi connectivity index (χ1v) is 7.84. The lowest BCUT2D eigenvalue weighted by Crippen LogP contribution is -2.37. The van der Waals surface area contributed by atoms with Crippen LogP contribution in [-0.2, 0) is 4.74 Å². The summed E-state index contributed by atoms with van der Waals surface area (Å²) in [6, 6.07) is 9.38. The molecule has 7 heteroatoms. The Hall–Kier alpha value is -2.93. The summed E-state index contributed by atoms with van der Waals surface area (Å²) in [4.78, 5) is 26.1. The van der Waals surface area contributed by atoms with E-state index in [4.69, 9.17) is 4.74 Å². The van der Waals surface area contributed by atoms with E-state index in [2.05, 4.69) is 25.2 Å². The molecule has 24 heavy (non-hydrogen) atoms. The van der Waals surface area contributed by atoms with Crippen molar-refractivity contribution in [3.63, 3.8) is 0 Å². The average Bonchev–Trinajstić information content (AvgIpc) is 2.63. The first-order valence-electron chi connectivity index (χ1n) is 7.84. The minimum Gasteiger partial charge on any atom is -0.378 e. The molecule has 0 saturated carbocycles. The van der Waals surface area contributed by atoms with Gasteiger partial charge < -0.3 is 19.9 Å². The summed E-state index contributed by atoms with van der Waals surface area (Å²) in [6.45, 7) is 2.69. The van der Waals surface area contributed by atoms with Crippen LogP contribution in [-0.4, -0.2) is 41.3 Å². The molecular weight excluding hydrogens is 306 g/mol. The molecule has 7 nitrogen and oxygen atoms in total. The molecule has 0 radical (unpaired) electrons. The SMILES string of the molecule is O=c1[nH]ccc2cc(Nc3ccccn3)nc(N3CCOCC3)c12. The zero-order valence-corrected chi connectivity index (χ0v) is 13.0. The van der Waals surface area contributed by atoms with Crippen molar-refractivity contribution in [2.75, 3.05) is 36.5 Å². The van der Waals surface area contributed by atoms with Gasteiger partial charge in [-0.15, -0.1) is 0 Å². The van der Waals surface area contributed by atoms with Crippen molar-refractivity contribution >= 4 is 28.2 Å². The number of pyridine rings is 3. The lowest BCUT2D eigenvalue weighted by molar-refractivity contribution is 0.122. The molecule has 0 unspecified atom stereocenters. The number of nitrogens with zero attached hydrogens (tertiary/aromatic N) is 3. The second-order valence-electron chi connectivity index (χ2n) is 5.54. The van der Waals surface area contributed by atoms with Gasteiger partial charge in [0.1, 0.15) is 17.5 Å². The number of ether oxygens (including phenoxy) is 1. The van der Waals surface area contributed by atoms with Crippen LogP contribution in [0.15, 0.2) is 47.5 Å². The van der Waals surface area contributed by atoms with Gasteiger partial charge in [-0.2, -0.15) is 0 Å². The van der Waals surface area contributed by atoms with Crippen molar-refractivity contribution in [2.24, 2.45) is 0 Å². The fourth-order valence-corrected chi connectivity index (χ4v) is 2.83. The molecule has 2 N–H and O–H groups in total. The molecule has 0 bridgehead atoms. The van der Waals surface area contributed by atoms with Crippen LogP contribution in [0.2, 0.25) is 0 Å². The zero-order chi connectivity index (χ0) is 16.4. The number of hydrogen-bond acceptors (Lipinski definition) is 6. The van der Waals surface area contributed by atoms with E-state index in [9.17, 15) is 4.79 Å². The Labute approximate surface area is 138 Å². The Kier molecular flexibility index (Phi) is 3.84. The standard InChI is InChI=1S/C17H17N5O2/c23-17-15-12(4-6-19-17)11-14(20-13-3-1-2-5-18-13)21-16(15)22-7-9-24-10-8-22/h1-6,11H,7-10H2,(H,19,23)(H,18,20,21). The first-order chi connectivity index (χ1) is 11.8. The summed E-state index contributed by atoms with van der Waals surface area (Å²) >= 11 is 0. The molecule has 0 aromatic carbocycles.